The molecule has 104 valence electrons. The van der Waals surface area contributed by atoms with Crippen LogP contribution in [0.3, 0.4) is 0 Å². The van der Waals surface area contributed by atoms with Crippen LogP contribution in [0.5, 0.6) is 0 Å². The van der Waals surface area contributed by atoms with Gasteiger partial charge in [-0.25, -0.2) is 0 Å². The van der Waals surface area contributed by atoms with E-state index < -0.39 is 5.60 Å². The molecule has 1 aromatic rings. The molecule has 1 aliphatic rings. The predicted octanol–water partition coefficient (Wildman–Crippen LogP) is 2.60. The van der Waals surface area contributed by atoms with Crippen LogP contribution < -0.4 is 5.32 Å². The van der Waals surface area contributed by atoms with Crippen LogP contribution in [0.15, 0.2) is 30.3 Å². The molecule has 1 aromatic carbocycles. The molecule has 19 heavy (non-hydrogen) atoms. The Balaban J connectivity index is 1.87. The van der Waals surface area contributed by atoms with Crippen LogP contribution in [0.25, 0.3) is 0 Å². The largest absolute Gasteiger partial charge is 0.388 e. The summed E-state index contributed by atoms with van der Waals surface area (Å²) in [6, 6.07) is 9.74. The van der Waals surface area contributed by atoms with E-state index >= 15 is 0 Å². The fourth-order valence-electron chi connectivity index (χ4n) is 2.68. The van der Waals surface area contributed by atoms with Gasteiger partial charge in [-0.3, -0.25) is 4.79 Å². The first-order valence-electron chi connectivity index (χ1n) is 7.16. The molecule has 2 rings (SSSR count). The highest BCUT2D eigenvalue weighted by molar-refractivity contribution is 5.83. The van der Waals surface area contributed by atoms with Crippen molar-refractivity contribution in [2.24, 2.45) is 0 Å². The summed E-state index contributed by atoms with van der Waals surface area (Å²) >= 11 is 0. The summed E-state index contributed by atoms with van der Waals surface area (Å²) in [6.07, 6.45) is 4.90. The first-order chi connectivity index (χ1) is 9.11. The topological polar surface area (TPSA) is 49.3 Å². The van der Waals surface area contributed by atoms with Crippen molar-refractivity contribution in [2.75, 3.05) is 6.54 Å². The van der Waals surface area contributed by atoms with Crippen LogP contribution in [0.4, 0.5) is 0 Å². The average Bonchev–Trinajstić information content (AvgIpc) is 2.46. The third-order valence-corrected chi connectivity index (χ3v) is 4.07. The molecule has 1 fully saturated rings. The van der Waals surface area contributed by atoms with Crippen molar-refractivity contribution >= 4 is 5.91 Å². The highest BCUT2D eigenvalue weighted by Gasteiger charge is 2.30. The Morgan fingerprint density at radius 1 is 1.26 bits per heavy atom. The van der Waals surface area contributed by atoms with Crippen LogP contribution in [-0.2, 0) is 4.79 Å². The van der Waals surface area contributed by atoms with E-state index in [4.69, 9.17) is 0 Å². The summed E-state index contributed by atoms with van der Waals surface area (Å²) in [5.41, 5.74) is 0.320. The molecule has 2 N–H and O–H groups in total. The molecule has 0 bridgehead atoms. The molecule has 0 saturated heterocycles. The number of aliphatic hydroxyl groups is 1. The lowest BCUT2D eigenvalue weighted by atomic mass is 9.85. The van der Waals surface area contributed by atoms with Gasteiger partial charge in [0.1, 0.15) is 0 Å². The lowest BCUT2D eigenvalue weighted by Crippen LogP contribution is -2.45. The monoisotopic (exact) mass is 261 g/mol. The number of carbonyl (C=O) groups excluding carboxylic acids is 1. The number of carbonyl (C=O) groups is 1. The molecule has 3 nitrogen and oxygen atoms in total. The molecular formula is C16H23NO2. The normalized spacial score (nSPS) is 19.7. The van der Waals surface area contributed by atoms with Crippen molar-refractivity contribution in [3.8, 4) is 0 Å². The lowest BCUT2D eigenvalue weighted by Gasteiger charge is -2.32. The van der Waals surface area contributed by atoms with Gasteiger partial charge in [-0.15, -0.1) is 0 Å². The van der Waals surface area contributed by atoms with Gasteiger partial charge in [0.15, 0.2) is 0 Å². The second-order valence-electron chi connectivity index (χ2n) is 5.64. The molecule has 0 aromatic heterocycles. The van der Waals surface area contributed by atoms with Gasteiger partial charge >= 0.3 is 0 Å². The lowest BCUT2D eigenvalue weighted by molar-refractivity contribution is -0.123. The minimum absolute atomic E-state index is 0.00908. The Morgan fingerprint density at radius 3 is 2.53 bits per heavy atom. The van der Waals surface area contributed by atoms with Gasteiger partial charge < -0.3 is 10.4 Å². The van der Waals surface area contributed by atoms with Crippen molar-refractivity contribution in [2.45, 2.75) is 50.5 Å². The first kappa shape index (κ1) is 14.1. The number of benzene rings is 1. The van der Waals surface area contributed by atoms with Gasteiger partial charge in [-0.1, -0.05) is 49.6 Å². The molecule has 1 saturated carbocycles. The summed E-state index contributed by atoms with van der Waals surface area (Å²) in [7, 11) is 0. The number of hydrogen-bond donors (Lipinski definition) is 2. The smallest absolute Gasteiger partial charge is 0.227 e. The zero-order valence-corrected chi connectivity index (χ0v) is 11.6. The zero-order chi connectivity index (χ0) is 13.7. The molecule has 0 aliphatic heterocycles. The van der Waals surface area contributed by atoms with E-state index in [0.717, 1.165) is 31.2 Å². The highest BCUT2D eigenvalue weighted by Crippen LogP contribution is 2.27. The minimum atomic E-state index is -0.690. The van der Waals surface area contributed by atoms with Crippen LogP contribution in [-0.4, -0.2) is 23.2 Å². The second kappa shape index (κ2) is 6.20. The summed E-state index contributed by atoms with van der Waals surface area (Å²) in [5, 5.41) is 13.3. The van der Waals surface area contributed by atoms with E-state index in [1.807, 2.05) is 37.3 Å². The Bertz CT molecular complexity index is 410. The van der Waals surface area contributed by atoms with Crippen LogP contribution in [0.1, 0.15) is 50.5 Å². The van der Waals surface area contributed by atoms with Crippen molar-refractivity contribution in [3.05, 3.63) is 35.9 Å². The van der Waals surface area contributed by atoms with Crippen LogP contribution in [0.2, 0.25) is 0 Å². The molecule has 0 spiro atoms. The molecule has 3 heteroatoms. The highest BCUT2D eigenvalue weighted by atomic mass is 16.3. The summed E-state index contributed by atoms with van der Waals surface area (Å²) < 4.78 is 0. The molecule has 1 atom stereocenters. The number of amides is 1. The van der Waals surface area contributed by atoms with Gasteiger partial charge in [0.2, 0.25) is 5.91 Å². The molecule has 0 radical (unpaired) electrons. The van der Waals surface area contributed by atoms with Crippen molar-refractivity contribution < 1.29 is 9.90 Å². The van der Waals surface area contributed by atoms with Crippen LogP contribution >= 0.6 is 0 Å². The van der Waals surface area contributed by atoms with E-state index in [1.54, 1.807) is 0 Å². The zero-order valence-electron chi connectivity index (χ0n) is 11.6. The second-order valence-corrected chi connectivity index (χ2v) is 5.64. The van der Waals surface area contributed by atoms with Gasteiger partial charge in [0.05, 0.1) is 11.5 Å². The molecule has 0 heterocycles. The van der Waals surface area contributed by atoms with Gasteiger partial charge in [-0.2, -0.15) is 0 Å². The third kappa shape index (κ3) is 3.80. The first-order valence-corrected chi connectivity index (χ1v) is 7.16. The Morgan fingerprint density at radius 2 is 1.89 bits per heavy atom. The number of nitrogens with one attached hydrogen (secondary N) is 1. The van der Waals surface area contributed by atoms with Crippen LogP contribution in [0, 0.1) is 0 Å². The van der Waals surface area contributed by atoms with E-state index in [9.17, 15) is 9.90 Å². The van der Waals surface area contributed by atoms with E-state index in [2.05, 4.69) is 5.32 Å². The maximum absolute atomic E-state index is 12.1. The summed E-state index contributed by atoms with van der Waals surface area (Å²) in [5.74, 6) is -0.182. The Labute approximate surface area is 115 Å². The average molecular weight is 261 g/mol. The SMILES string of the molecule is CC(C(=O)NCC1(O)CCCCC1)c1ccccc1. The predicted molar refractivity (Wildman–Crippen MR) is 75.9 cm³/mol. The van der Waals surface area contributed by atoms with Gasteiger partial charge in [0, 0.05) is 6.54 Å². The van der Waals surface area contributed by atoms with E-state index in [0.29, 0.717) is 6.54 Å². The molecule has 1 amide bonds. The number of hydrogen-bond acceptors (Lipinski definition) is 2. The van der Waals surface area contributed by atoms with E-state index in [-0.39, 0.29) is 11.8 Å². The Kier molecular flexibility index (Phi) is 4.59. The molecular weight excluding hydrogens is 238 g/mol. The fourth-order valence-corrected chi connectivity index (χ4v) is 2.68. The molecule has 1 aliphatic carbocycles. The quantitative estimate of drug-likeness (QED) is 0.875. The standard InChI is InChI=1S/C16H23NO2/c1-13(14-8-4-2-5-9-14)15(18)17-12-16(19)10-6-3-7-11-16/h2,4-5,8-9,13,19H,3,6-7,10-12H2,1H3,(H,17,18). The third-order valence-electron chi connectivity index (χ3n) is 4.07. The fraction of sp³-hybridized carbons (Fsp3) is 0.562. The van der Waals surface area contributed by atoms with Gasteiger partial charge in [0.25, 0.3) is 0 Å². The summed E-state index contributed by atoms with van der Waals surface area (Å²) in [6.45, 7) is 2.28. The van der Waals surface area contributed by atoms with Gasteiger partial charge in [-0.05, 0) is 25.3 Å². The maximum Gasteiger partial charge on any atom is 0.227 e. The number of rotatable bonds is 4. The van der Waals surface area contributed by atoms with Crippen molar-refractivity contribution in [1.82, 2.24) is 5.32 Å². The Hall–Kier alpha value is -1.35. The van der Waals surface area contributed by atoms with E-state index in [1.165, 1.54) is 6.42 Å². The maximum atomic E-state index is 12.1. The van der Waals surface area contributed by atoms with Crippen molar-refractivity contribution in [1.29, 1.82) is 0 Å². The van der Waals surface area contributed by atoms with Crippen molar-refractivity contribution in [3.63, 3.8) is 0 Å². The summed E-state index contributed by atoms with van der Waals surface area (Å²) in [4.78, 5) is 12.1. The molecule has 1 unspecified atom stereocenters. The minimum Gasteiger partial charge on any atom is -0.388 e.